The normalized spacial score (nSPS) is 15.2. The largest absolute Gasteiger partial charge is 0.246 e. The van der Waals surface area contributed by atoms with E-state index in [0.29, 0.717) is 5.92 Å². The van der Waals surface area contributed by atoms with Crippen molar-refractivity contribution in [3.63, 3.8) is 0 Å². The van der Waals surface area contributed by atoms with E-state index in [9.17, 15) is 0 Å². The van der Waals surface area contributed by atoms with E-state index in [-0.39, 0.29) is 10.8 Å². The van der Waals surface area contributed by atoms with Gasteiger partial charge in [-0.3, -0.25) is 0 Å². The van der Waals surface area contributed by atoms with Gasteiger partial charge in [0, 0.05) is 10.8 Å². The molecular formula is C14H25NS. The van der Waals surface area contributed by atoms with E-state index < -0.39 is 0 Å². The van der Waals surface area contributed by atoms with Gasteiger partial charge in [0.25, 0.3) is 0 Å². The van der Waals surface area contributed by atoms with E-state index in [1.165, 1.54) is 15.6 Å². The molecule has 2 heteroatoms. The second kappa shape index (κ2) is 4.14. The predicted molar refractivity (Wildman–Crippen MR) is 73.4 cm³/mol. The minimum Gasteiger partial charge on any atom is -0.246 e. The van der Waals surface area contributed by atoms with Crippen molar-refractivity contribution >= 4 is 11.3 Å². The van der Waals surface area contributed by atoms with Crippen molar-refractivity contribution in [2.24, 2.45) is 5.41 Å². The third kappa shape index (κ3) is 2.85. The van der Waals surface area contributed by atoms with Crippen molar-refractivity contribution in [3.8, 4) is 0 Å². The zero-order chi connectivity index (χ0) is 12.7. The number of nitrogens with zero attached hydrogens (tertiary/aromatic N) is 1. The summed E-state index contributed by atoms with van der Waals surface area (Å²) in [6, 6.07) is 0. The van der Waals surface area contributed by atoms with Crippen LogP contribution in [0, 0.1) is 12.3 Å². The van der Waals surface area contributed by atoms with Crippen LogP contribution < -0.4 is 0 Å². The average molecular weight is 239 g/mol. The summed E-state index contributed by atoms with van der Waals surface area (Å²) in [6.45, 7) is 18.1. The maximum atomic E-state index is 4.76. The Morgan fingerprint density at radius 1 is 1.06 bits per heavy atom. The minimum atomic E-state index is 0.209. The van der Waals surface area contributed by atoms with Crippen molar-refractivity contribution in [1.82, 2.24) is 4.98 Å². The highest BCUT2D eigenvalue weighted by atomic mass is 32.1. The van der Waals surface area contributed by atoms with Gasteiger partial charge in [0.2, 0.25) is 0 Å². The third-order valence-electron chi connectivity index (χ3n) is 3.15. The van der Waals surface area contributed by atoms with Gasteiger partial charge < -0.3 is 0 Å². The molecule has 0 aliphatic heterocycles. The standard InChI is InChI=1S/C14H25NS/c1-9(13(3,4)5)11-12(14(6,7)8)16-10(2)15-11/h9H,1-8H3. The summed E-state index contributed by atoms with van der Waals surface area (Å²) in [4.78, 5) is 6.21. The Labute approximate surface area is 104 Å². The fourth-order valence-corrected chi connectivity index (χ4v) is 2.76. The van der Waals surface area contributed by atoms with Crippen LogP contribution in [-0.2, 0) is 5.41 Å². The Morgan fingerprint density at radius 3 is 1.94 bits per heavy atom. The van der Waals surface area contributed by atoms with E-state index in [4.69, 9.17) is 4.98 Å². The Kier molecular flexibility index (Phi) is 3.54. The monoisotopic (exact) mass is 239 g/mol. The molecule has 0 fully saturated rings. The average Bonchev–Trinajstić information content (AvgIpc) is 2.43. The summed E-state index contributed by atoms with van der Waals surface area (Å²) in [7, 11) is 0. The first-order chi connectivity index (χ1) is 7.03. The molecule has 0 saturated carbocycles. The second-order valence-electron chi connectivity index (χ2n) is 6.78. The molecule has 1 aromatic rings. The van der Waals surface area contributed by atoms with Crippen LogP contribution in [0.25, 0.3) is 0 Å². The van der Waals surface area contributed by atoms with Crippen LogP contribution in [0.1, 0.15) is 70.0 Å². The third-order valence-corrected chi connectivity index (χ3v) is 4.56. The van der Waals surface area contributed by atoms with Gasteiger partial charge in [0.15, 0.2) is 0 Å². The van der Waals surface area contributed by atoms with Crippen LogP contribution in [0.4, 0.5) is 0 Å². The maximum absolute atomic E-state index is 4.76. The molecule has 0 aliphatic rings. The lowest BCUT2D eigenvalue weighted by Crippen LogP contribution is -2.20. The molecule has 1 aromatic heterocycles. The van der Waals surface area contributed by atoms with Crippen molar-refractivity contribution in [2.75, 3.05) is 0 Å². The molecule has 1 atom stereocenters. The fraction of sp³-hybridized carbons (Fsp3) is 0.786. The summed E-state index contributed by atoms with van der Waals surface area (Å²) in [5.74, 6) is 0.506. The number of aryl methyl sites for hydroxylation is 1. The first-order valence-corrected chi connectivity index (χ1v) is 6.83. The highest BCUT2D eigenvalue weighted by molar-refractivity contribution is 7.11. The Bertz CT molecular complexity index is 363. The molecule has 1 nitrogen and oxygen atoms in total. The SMILES string of the molecule is Cc1nc(C(C)C(C)(C)C)c(C(C)(C)C)s1. The molecule has 0 bridgehead atoms. The lowest BCUT2D eigenvalue weighted by molar-refractivity contribution is 0.331. The summed E-state index contributed by atoms with van der Waals surface area (Å²) in [6.07, 6.45) is 0. The lowest BCUT2D eigenvalue weighted by atomic mass is 9.77. The van der Waals surface area contributed by atoms with Gasteiger partial charge in [-0.15, -0.1) is 11.3 Å². The molecule has 0 amide bonds. The van der Waals surface area contributed by atoms with Gasteiger partial charge in [0.1, 0.15) is 0 Å². The van der Waals surface area contributed by atoms with Crippen LogP contribution in [0.15, 0.2) is 0 Å². The summed E-state index contributed by atoms with van der Waals surface area (Å²) in [5.41, 5.74) is 1.80. The molecule has 16 heavy (non-hydrogen) atoms. The molecular weight excluding hydrogens is 214 g/mol. The highest BCUT2D eigenvalue weighted by Crippen LogP contribution is 2.41. The zero-order valence-electron chi connectivity index (χ0n) is 11.9. The van der Waals surface area contributed by atoms with E-state index >= 15 is 0 Å². The number of hydrogen-bond donors (Lipinski definition) is 0. The first-order valence-electron chi connectivity index (χ1n) is 6.01. The number of thiazole rings is 1. The Balaban J connectivity index is 3.24. The van der Waals surface area contributed by atoms with Crippen molar-refractivity contribution in [3.05, 3.63) is 15.6 Å². The van der Waals surface area contributed by atoms with Crippen LogP contribution in [0.5, 0.6) is 0 Å². The number of aromatic nitrogens is 1. The molecule has 0 radical (unpaired) electrons. The first kappa shape index (κ1) is 13.7. The minimum absolute atomic E-state index is 0.209. The van der Waals surface area contributed by atoms with Crippen LogP contribution in [0.3, 0.4) is 0 Å². The van der Waals surface area contributed by atoms with Gasteiger partial charge in [-0.05, 0) is 17.8 Å². The van der Waals surface area contributed by atoms with E-state index in [2.05, 4.69) is 55.4 Å². The summed E-state index contributed by atoms with van der Waals surface area (Å²) >= 11 is 1.85. The van der Waals surface area contributed by atoms with Crippen molar-refractivity contribution in [1.29, 1.82) is 0 Å². The van der Waals surface area contributed by atoms with Gasteiger partial charge in [-0.25, -0.2) is 4.98 Å². The van der Waals surface area contributed by atoms with E-state index in [1.807, 2.05) is 11.3 Å². The quantitative estimate of drug-likeness (QED) is 0.679. The smallest absolute Gasteiger partial charge is 0.0900 e. The Hall–Kier alpha value is -0.370. The summed E-state index contributed by atoms with van der Waals surface area (Å²) in [5, 5.41) is 1.19. The molecule has 92 valence electrons. The van der Waals surface area contributed by atoms with Gasteiger partial charge >= 0.3 is 0 Å². The fourth-order valence-electron chi connectivity index (χ4n) is 1.68. The summed E-state index contributed by atoms with van der Waals surface area (Å²) < 4.78 is 0. The van der Waals surface area contributed by atoms with E-state index in [1.54, 1.807) is 0 Å². The molecule has 0 spiro atoms. The molecule has 1 heterocycles. The number of hydrogen-bond acceptors (Lipinski definition) is 2. The lowest BCUT2D eigenvalue weighted by Gasteiger charge is -2.29. The van der Waals surface area contributed by atoms with Crippen LogP contribution >= 0.6 is 11.3 Å². The van der Waals surface area contributed by atoms with Gasteiger partial charge in [0.05, 0.1) is 10.7 Å². The molecule has 0 aliphatic carbocycles. The van der Waals surface area contributed by atoms with Gasteiger partial charge in [-0.1, -0.05) is 48.5 Å². The molecule has 1 rings (SSSR count). The van der Waals surface area contributed by atoms with Gasteiger partial charge in [-0.2, -0.15) is 0 Å². The van der Waals surface area contributed by atoms with Crippen LogP contribution in [0.2, 0.25) is 0 Å². The number of rotatable bonds is 1. The topological polar surface area (TPSA) is 12.9 Å². The molecule has 0 N–H and O–H groups in total. The van der Waals surface area contributed by atoms with Crippen molar-refractivity contribution < 1.29 is 0 Å². The molecule has 1 unspecified atom stereocenters. The van der Waals surface area contributed by atoms with Crippen molar-refractivity contribution in [2.45, 2.75) is 66.7 Å². The van der Waals surface area contributed by atoms with Crippen LogP contribution in [-0.4, -0.2) is 4.98 Å². The second-order valence-corrected chi connectivity index (χ2v) is 7.99. The van der Waals surface area contributed by atoms with E-state index in [0.717, 1.165) is 0 Å². The molecule has 0 saturated heterocycles. The molecule has 0 aromatic carbocycles. The maximum Gasteiger partial charge on any atom is 0.0900 e. The Morgan fingerprint density at radius 2 is 1.56 bits per heavy atom. The predicted octanol–water partition coefficient (Wildman–Crippen LogP) is 4.90. The zero-order valence-corrected chi connectivity index (χ0v) is 12.7. The highest BCUT2D eigenvalue weighted by Gasteiger charge is 2.30.